The van der Waals surface area contributed by atoms with Gasteiger partial charge < -0.3 is 5.32 Å². The number of carbonyl (C=O) groups excluding carboxylic acids is 1. The number of carbonyl (C=O) groups is 1. The van der Waals surface area contributed by atoms with Crippen molar-refractivity contribution in [3.05, 3.63) is 57.3 Å². The number of benzene rings is 1. The summed E-state index contributed by atoms with van der Waals surface area (Å²) in [7, 11) is 0. The predicted octanol–water partition coefficient (Wildman–Crippen LogP) is 4.03. The van der Waals surface area contributed by atoms with E-state index in [1.807, 2.05) is 6.07 Å². The average molecular weight is 288 g/mol. The van der Waals surface area contributed by atoms with Gasteiger partial charge in [-0.15, -0.1) is 17.8 Å². The molecule has 0 saturated carbocycles. The summed E-state index contributed by atoms with van der Waals surface area (Å²) in [5.74, 6) is 2.31. The van der Waals surface area contributed by atoms with Crippen LogP contribution in [0.25, 0.3) is 6.08 Å². The lowest BCUT2D eigenvalue weighted by atomic mass is 10.2. The molecule has 2 aromatic rings. The monoisotopic (exact) mass is 287 g/mol. The second-order valence-electron chi connectivity index (χ2n) is 3.69. The fraction of sp³-hybridized carbons (Fsp3) is 0. The third-order valence-electron chi connectivity index (χ3n) is 2.29. The molecule has 0 fully saturated rings. The Kier molecular flexibility index (Phi) is 4.40. The van der Waals surface area contributed by atoms with E-state index in [0.29, 0.717) is 10.0 Å². The molecule has 0 unspecified atom stereocenters. The average Bonchev–Trinajstić information content (AvgIpc) is 2.82. The largest absolute Gasteiger partial charge is 0.322 e. The molecule has 1 aromatic carbocycles. The van der Waals surface area contributed by atoms with E-state index in [0.717, 1.165) is 10.4 Å². The zero-order chi connectivity index (χ0) is 13.7. The van der Waals surface area contributed by atoms with Crippen LogP contribution in [0.5, 0.6) is 0 Å². The van der Waals surface area contributed by atoms with E-state index in [-0.39, 0.29) is 5.91 Å². The molecule has 0 radical (unpaired) electrons. The van der Waals surface area contributed by atoms with Gasteiger partial charge in [0.1, 0.15) is 0 Å². The molecule has 0 aliphatic carbocycles. The van der Waals surface area contributed by atoms with Crippen molar-refractivity contribution in [1.29, 1.82) is 0 Å². The van der Waals surface area contributed by atoms with Gasteiger partial charge in [0.25, 0.3) is 0 Å². The first-order valence-electron chi connectivity index (χ1n) is 5.48. The maximum absolute atomic E-state index is 11.7. The highest BCUT2D eigenvalue weighted by Crippen LogP contribution is 2.22. The van der Waals surface area contributed by atoms with Crippen molar-refractivity contribution in [2.24, 2.45) is 0 Å². The zero-order valence-electron chi connectivity index (χ0n) is 9.89. The Morgan fingerprint density at radius 2 is 2.21 bits per heavy atom. The lowest BCUT2D eigenvalue weighted by Crippen LogP contribution is -2.07. The molecular formula is C15H10ClNOS. The van der Waals surface area contributed by atoms with Crippen LogP contribution in [0.4, 0.5) is 5.69 Å². The molecule has 0 spiro atoms. The van der Waals surface area contributed by atoms with Crippen LogP contribution in [0.1, 0.15) is 10.4 Å². The molecule has 1 heterocycles. The lowest BCUT2D eigenvalue weighted by Gasteiger charge is -2.02. The minimum absolute atomic E-state index is 0.210. The number of halogens is 1. The summed E-state index contributed by atoms with van der Waals surface area (Å²) in [6, 6.07) is 10.8. The maximum atomic E-state index is 11.7. The standard InChI is InChI=1S/C15H10ClNOS/c1-2-11-4-3-5-12(10-11)17-15(18)9-7-13-6-8-14(16)19-13/h1,3-10H,(H,17,18)/b9-7+. The molecule has 4 heteroatoms. The van der Waals surface area contributed by atoms with E-state index in [1.165, 1.54) is 17.4 Å². The Balaban J connectivity index is 2.01. The Hall–Kier alpha value is -2.02. The van der Waals surface area contributed by atoms with E-state index < -0.39 is 0 Å². The molecule has 94 valence electrons. The third kappa shape index (κ3) is 3.99. The van der Waals surface area contributed by atoms with E-state index in [1.54, 1.807) is 36.4 Å². The van der Waals surface area contributed by atoms with Crippen LogP contribution in [0.3, 0.4) is 0 Å². The quantitative estimate of drug-likeness (QED) is 0.670. The fourth-order valence-corrected chi connectivity index (χ4v) is 2.41. The first-order chi connectivity index (χ1) is 9.17. The van der Waals surface area contributed by atoms with Crippen LogP contribution in [0, 0.1) is 12.3 Å². The number of hydrogen-bond acceptors (Lipinski definition) is 2. The summed E-state index contributed by atoms with van der Waals surface area (Å²) >= 11 is 7.22. The third-order valence-corrected chi connectivity index (χ3v) is 3.49. The second kappa shape index (κ2) is 6.24. The summed E-state index contributed by atoms with van der Waals surface area (Å²) < 4.78 is 0.696. The second-order valence-corrected chi connectivity index (χ2v) is 5.44. The summed E-state index contributed by atoms with van der Waals surface area (Å²) in [6.45, 7) is 0. The van der Waals surface area contributed by atoms with Gasteiger partial charge in [-0.3, -0.25) is 4.79 Å². The number of anilines is 1. The van der Waals surface area contributed by atoms with Gasteiger partial charge >= 0.3 is 0 Å². The summed E-state index contributed by atoms with van der Waals surface area (Å²) in [5, 5.41) is 2.74. The van der Waals surface area contributed by atoms with Crippen molar-refractivity contribution in [3.63, 3.8) is 0 Å². The highest BCUT2D eigenvalue weighted by atomic mass is 35.5. The van der Waals surface area contributed by atoms with Crippen LogP contribution in [-0.4, -0.2) is 5.91 Å². The van der Waals surface area contributed by atoms with E-state index in [9.17, 15) is 4.79 Å². The van der Waals surface area contributed by atoms with Crippen molar-refractivity contribution >= 4 is 40.6 Å². The first kappa shape index (κ1) is 13.4. The van der Waals surface area contributed by atoms with Gasteiger partial charge in [0.05, 0.1) is 4.34 Å². The van der Waals surface area contributed by atoms with Crippen LogP contribution >= 0.6 is 22.9 Å². The van der Waals surface area contributed by atoms with Gasteiger partial charge in [0.2, 0.25) is 5.91 Å². The van der Waals surface area contributed by atoms with Gasteiger partial charge in [0.15, 0.2) is 0 Å². The lowest BCUT2D eigenvalue weighted by molar-refractivity contribution is -0.111. The van der Waals surface area contributed by atoms with Gasteiger partial charge in [-0.25, -0.2) is 0 Å². The van der Waals surface area contributed by atoms with Crippen molar-refractivity contribution in [1.82, 2.24) is 0 Å². The number of nitrogens with one attached hydrogen (secondary N) is 1. The predicted molar refractivity (Wildman–Crippen MR) is 81.4 cm³/mol. The minimum Gasteiger partial charge on any atom is -0.322 e. The SMILES string of the molecule is C#Cc1cccc(NC(=O)/C=C/c2ccc(Cl)s2)c1. The van der Waals surface area contributed by atoms with Crippen molar-refractivity contribution in [3.8, 4) is 12.3 Å². The highest BCUT2D eigenvalue weighted by molar-refractivity contribution is 7.17. The van der Waals surface area contributed by atoms with Gasteiger partial charge in [-0.1, -0.05) is 23.6 Å². The molecule has 2 rings (SSSR count). The van der Waals surface area contributed by atoms with Gasteiger partial charge in [0, 0.05) is 22.2 Å². The number of rotatable bonds is 3. The van der Waals surface area contributed by atoms with Crippen molar-refractivity contribution in [2.75, 3.05) is 5.32 Å². The number of thiophene rings is 1. The smallest absolute Gasteiger partial charge is 0.248 e. The van der Waals surface area contributed by atoms with Crippen molar-refractivity contribution < 1.29 is 4.79 Å². The van der Waals surface area contributed by atoms with Gasteiger partial charge in [-0.05, 0) is 36.4 Å². The molecule has 0 aliphatic rings. The van der Waals surface area contributed by atoms with Crippen LogP contribution < -0.4 is 5.32 Å². The number of hydrogen-bond donors (Lipinski definition) is 1. The van der Waals surface area contributed by atoms with Crippen molar-refractivity contribution in [2.45, 2.75) is 0 Å². The number of terminal acetylenes is 1. The van der Waals surface area contributed by atoms with Crippen LogP contribution in [0.15, 0.2) is 42.5 Å². The fourth-order valence-electron chi connectivity index (χ4n) is 1.45. The van der Waals surface area contributed by atoms with Gasteiger partial charge in [-0.2, -0.15) is 0 Å². The van der Waals surface area contributed by atoms with E-state index in [4.69, 9.17) is 18.0 Å². The first-order valence-corrected chi connectivity index (χ1v) is 6.68. The molecule has 19 heavy (non-hydrogen) atoms. The maximum Gasteiger partial charge on any atom is 0.248 e. The summed E-state index contributed by atoms with van der Waals surface area (Å²) in [5.41, 5.74) is 1.40. The topological polar surface area (TPSA) is 29.1 Å². The molecule has 2 nitrogen and oxygen atoms in total. The molecule has 0 saturated heterocycles. The Morgan fingerprint density at radius 1 is 1.37 bits per heavy atom. The molecular weight excluding hydrogens is 278 g/mol. The minimum atomic E-state index is -0.210. The number of amides is 1. The Morgan fingerprint density at radius 3 is 2.89 bits per heavy atom. The Labute approximate surface area is 120 Å². The zero-order valence-corrected chi connectivity index (χ0v) is 11.5. The molecule has 0 aliphatic heterocycles. The summed E-state index contributed by atoms with van der Waals surface area (Å²) in [4.78, 5) is 12.6. The normalized spacial score (nSPS) is 10.3. The van der Waals surface area contributed by atoms with E-state index in [2.05, 4.69) is 11.2 Å². The molecule has 1 aromatic heterocycles. The van der Waals surface area contributed by atoms with E-state index >= 15 is 0 Å². The van der Waals surface area contributed by atoms with Crippen LogP contribution in [0.2, 0.25) is 4.34 Å². The molecule has 0 bridgehead atoms. The molecule has 0 atom stereocenters. The highest BCUT2D eigenvalue weighted by Gasteiger charge is 1.99. The van der Waals surface area contributed by atoms with Crippen LogP contribution in [-0.2, 0) is 4.79 Å². The Bertz CT molecular complexity index is 667. The molecule has 1 amide bonds. The summed E-state index contributed by atoms with van der Waals surface area (Å²) in [6.07, 6.45) is 8.48. The molecule has 1 N–H and O–H groups in total.